The molecule has 38 heavy (non-hydrogen) atoms. The van der Waals surface area contributed by atoms with Crippen LogP contribution < -0.4 is 26.0 Å². The first-order valence-corrected chi connectivity index (χ1v) is 11.8. The average molecular weight is 515 g/mol. The van der Waals surface area contributed by atoms with Gasteiger partial charge in [-0.3, -0.25) is 19.6 Å². The molecule has 0 saturated carbocycles. The molecule has 0 atom stereocenters. The van der Waals surface area contributed by atoms with E-state index in [-0.39, 0.29) is 17.7 Å². The van der Waals surface area contributed by atoms with Gasteiger partial charge in [-0.25, -0.2) is 23.8 Å². The van der Waals surface area contributed by atoms with Gasteiger partial charge >= 0.3 is 17.7 Å². The molecule has 3 aromatic heterocycles. The third kappa shape index (κ3) is 4.15. The molecule has 12 heteroatoms. The van der Waals surface area contributed by atoms with Crippen molar-refractivity contribution in [3.63, 3.8) is 0 Å². The minimum atomic E-state index is -0.554. The van der Waals surface area contributed by atoms with Crippen molar-refractivity contribution in [3.8, 4) is 23.0 Å². The fourth-order valence-corrected chi connectivity index (χ4v) is 4.52. The lowest BCUT2D eigenvalue weighted by molar-refractivity contribution is 0.1000. The third-order valence-electron chi connectivity index (χ3n) is 6.44. The summed E-state index contributed by atoms with van der Waals surface area (Å²) in [7, 11) is 2.99. The number of ether oxygens (including phenoxy) is 1. The summed E-state index contributed by atoms with van der Waals surface area (Å²) >= 11 is 0. The molecule has 1 aromatic carbocycles. The van der Waals surface area contributed by atoms with Crippen LogP contribution >= 0.6 is 0 Å². The van der Waals surface area contributed by atoms with Gasteiger partial charge in [0.15, 0.2) is 0 Å². The summed E-state index contributed by atoms with van der Waals surface area (Å²) in [6.07, 6.45) is 1.57. The van der Waals surface area contributed by atoms with Crippen molar-refractivity contribution >= 4 is 23.4 Å². The summed E-state index contributed by atoms with van der Waals surface area (Å²) in [5, 5.41) is 4.06. The first kappa shape index (κ1) is 24.7. The Morgan fingerprint density at radius 3 is 2.47 bits per heavy atom. The third-order valence-corrected chi connectivity index (χ3v) is 6.44. The number of nitrogens with zero attached hydrogens (tertiary/aromatic N) is 7. The monoisotopic (exact) mass is 514 g/mol. The second-order valence-corrected chi connectivity index (χ2v) is 8.89. The van der Waals surface area contributed by atoms with Gasteiger partial charge in [0, 0.05) is 48.2 Å². The van der Waals surface area contributed by atoms with Crippen LogP contribution in [0.3, 0.4) is 0 Å². The molecule has 0 unspecified atom stereocenters. The predicted octanol–water partition coefficient (Wildman–Crippen LogP) is 2.20. The van der Waals surface area contributed by atoms with Crippen molar-refractivity contribution in [2.24, 2.45) is 12.8 Å². The lowest BCUT2D eigenvalue weighted by Gasteiger charge is -2.21. The van der Waals surface area contributed by atoms with Gasteiger partial charge < -0.3 is 10.5 Å². The Labute approximate surface area is 217 Å². The molecule has 0 bridgehead atoms. The van der Waals surface area contributed by atoms with Crippen LogP contribution in [0.25, 0.3) is 16.9 Å². The molecule has 194 valence electrons. The summed E-state index contributed by atoms with van der Waals surface area (Å²) in [5.74, 6) is -0.0175. The largest absolute Gasteiger partial charge is 0.467 e. The SMILES string of the molecule is COc1nn(C)c(=O)n1-c1ccc(-c2cc(C)nc(N3CCN(c4cccc(C(N)=O)c4)C3=O)c2C)nc1. The van der Waals surface area contributed by atoms with Crippen molar-refractivity contribution in [2.75, 3.05) is 30.0 Å². The maximum Gasteiger partial charge on any atom is 0.353 e. The Hall–Kier alpha value is -5.00. The van der Waals surface area contributed by atoms with Gasteiger partial charge in [0.05, 0.1) is 24.7 Å². The zero-order chi connectivity index (χ0) is 27.1. The van der Waals surface area contributed by atoms with E-state index in [1.165, 1.54) is 16.4 Å². The summed E-state index contributed by atoms with van der Waals surface area (Å²) in [6.45, 7) is 4.60. The second-order valence-electron chi connectivity index (χ2n) is 8.89. The fourth-order valence-electron chi connectivity index (χ4n) is 4.52. The summed E-state index contributed by atoms with van der Waals surface area (Å²) in [4.78, 5) is 50.0. The fraction of sp³-hybridized carbons (Fsp3) is 0.231. The molecule has 1 fully saturated rings. The number of aromatic nitrogens is 5. The highest BCUT2D eigenvalue weighted by Crippen LogP contribution is 2.32. The number of urea groups is 1. The number of carbonyl (C=O) groups excluding carboxylic acids is 2. The van der Waals surface area contributed by atoms with Gasteiger partial charge in [0.25, 0.3) is 0 Å². The highest BCUT2D eigenvalue weighted by Gasteiger charge is 2.33. The van der Waals surface area contributed by atoms with Crippen molar-refractivity contribution in [2.45, 2.75) is 13.8 Å². The van der Waals surface area contributed by atoms with Crippen LogP contribution in [0.15, 0.2) is 53.5 Å². The molecule has 0 aliphatic carbocycles. The van der Waals surface area contributed by atoms with E-state index in [1.54, 1.807) is 59.4 Å². The Morgan fingerprint density at radius 1 is 1.03 bits per heavy atom. The zero-order valence-electron chi connectivity index (χ0n) is 21.4. The molecule has 0 radical (unpaired) electrons. The summed E-state index contributed by atoms with van der Waals surface area (Å²) in [5.41, 5.74) is 9.48. The number of pyridine rings is 2. The average Bonchev–Trinajstić information content (AvgIpc) is 3.43. The molecule has 2 N–H and O–H groups in total. The van der Waals surface area contributed by atoms with E-state index in [2.05, 4.69) is 15.1 Å². The Bertz CT molecular complexity index is 1620. The number of rotatable bonds is 6. The standard InChI is InChI=1S/C26H26N8O4/c1-15-12-20(21-9-8-19(14-28-21)34-24(38-4)30-31(3)25(34)36)16(2)23(29-15)33-11-10-32(26(33)37)18-7-5-6-17(13-18)22(27)35/h5-9,12-14H,10-11H2,1-4H3,(H2,27,35). The second kappa shape index (κ2) is 9.47. The Morgan fingerprint density at radius 2 is 1.79 bits per heavy atom. The quantitative estimate of drug-likeness (QED) is 0.416. The topological polar surface area (TPSA) is 141 Å². The van der Waals surface area contributed by atoms with Crippen LogP contribution in [0.1, 0.15) is 21.6 Å². The number of primary amides is 1. The van der Waals surface area contributed by atoms with E-state index in [0.29, 0.717) is 41.5 Å². The Kier molecular flexibility index (Phi) is 6.15. The van der Waals surface area contributed by atoms with Crippen molar-refractivity contribution in [1.82, 2.24) is 24.3 Å². The number of amides is 3. The molecular weight excluding hydrogens is 488 g/mol. The minimum Gasteiger partial charge on any atom is -0.467 e. The van der Waals surface area contributed by atoms with Crippen LogP contribution in [0.4, 0.5) is 16.3 Å². The molecule has 3 amide bonds. The lowest BCUT2D eigenvalue weighted by atomic mass is 10.0. The molecule has 4 aromatic rings. The summed E-state index contributed by atoms with van der Waals surface area (Å²) in [6, 6.07) is 12.1. The van der Waals surface area contributed by atoms with Gasteiger partial charge in [0.1, 0.15) is 5.82 Å². The van der Waals surface area contributed by atoms with Gasteiger partial charge in [-0.2, -0.15) is 0 Å². The molecule has 0 spiro atoms. The van der Waals surface area contributed by atoms with E-state index in [1.807, 2.05) is 19.9 Å². The highest BCUT2D eigenvalue weighted by molar-refractivity contribution is 6.07. The smallest absolute Gasteiger partial charge is 0.353 e. The number of nitrogens with two attached hydrogens (primary N) is 1. The van der Waals surface area contributed by atoms with Crippen LogP contribution in [0.5, 0.6) is 6.01 Å². The zero-order valence-corrected chi connectivity index (χ0v) is 21.4. The summed E-state index contributed by atoms with van der Waals surface area (Å²) < 4.78 is 7.74. The molecular formula is C26H26N8O4. The number of carbonyl (C=O) groups is 2. The number of hydrogen-bond acceptors (Lipinski definition) is 7. The lowest BCUT2D eigenvalue weighted by Crippen LogP contribution is -2.33. The number of anilines is 2. The maximum absolute atomic E-state index is 13.4. The Balaban J connectivity index is 1.48. The van der Waals surface area contributed by atoms with E-state index in [9.17, 15) is 14.4 Å². The van der Waals surface area contributed by atoms with Gasteiger partial charge in [-0.05, 0) is 50.2 Å². The van der Waals surface area contributed by atoms with Gasteiger partial charge in [0.2, 0.25) is 5.91 Å². The van der Waals surface area contributed by atoms with Crippen LogP contribution in [-0.2, 0) is 7.05 Å². The first-order valence-electron chi connectivity index (χ1n) is 11.8. The minimum absolute atomic E-state index is 0.156. The van der Waals surface area contributed by atoms with Crippen molar-refractivity contribution in [3.05, 3.63) is 76.0 Å². The van der Waals surface area contributed by atoms with Crippen molar-refractivity contribution in [1.29, 1.82) is 0 Å². The number of benzene rings is 1. The molecule has 5 rings (SSSR count). The highest BCUT2D eigenvalue weighted by atomic mass is 16.5. The molecule has 1 aliphatic rings. The molecule has 1 aliphatic heterocycles. The van der Waals surface area contributed by atoms with Crippen LogP contribution in [0.2, 0.25) is 0 Å². The van der Waals surface area contributed by atoms with E-state index in [0.717, 1.165) is 16.8 Å². The predicted molar refractivity (Wildman–Crippen MR) is 141 cm³/mol. The normalized spacial score (nSPS) is 13.3. The van der Waals surface area contributed by atoms with Gasteiger partial charge in [-0.1, -0.05) is 6.07 Å². The molecule has 1 saturated heterocycles. The van der Waals surface area contributed by atoms with Crippen molar-refractivity contribution < 1.29 is 14.3 Å². The van der Waals surface area contributed by atoms with Gasteiger partial charge in [-0.15, -0.1) is 5.10 Å². The maximum atomic E-state index is 13.4. The number of aryl methyl sites for hydroxylation is 2. The van der Waals surface area contributed by atoms with Crippen LogP contribution in [0, 0.1) is 13.8 Å². The molecule has 4 heterocycles. The van der Waals surface area contributed by atoms with Crippen LogP contribution in [-0.4, -0.2) is 56.5 Å². The van der Waals surface area contributed by atoms with E-state index < -0.39 is 5.91 Å². The van der Waals surface area contributed by atoms with E-state index >= 15 is 0 Å². The first-order chi connectivity index (χ1) is 18.2. The number of methoxy groups -OCH3 is 1. The molecule has 12 nitrogen and oxygen atoms in total. The number of hydrogen-bond donors (Lipinski definition) is 1. The van der Waals surface area contributed by atoms with E-state index in [4.69, 9.17) is 10.5 Å².